The number of hydrogen-bond donors (Lipinski definition) is 0. The normalized spacial score (nSPS) is 9.40. The molecular weight excluding hydrogens is 264 g/mol. The van der Waals surface area contributed by atoms with Crippen LogP contribution in [0.3, 0.4) is 0 Å². The van der Waals surface area contributed by atoms with Gasteiger partial charge in [0.05, 0.1) is 12.5 Å². The summed E-state index contributed by atoms with van der Waals surface area (Å²) in [6, 6.07) is 0. The first kappa shape index (κ1) is 18.0. The van der Waals surface area contributed by atoms with Crippen molar-refractivity contribution >= 4 is 11.9 Å². The van der Waals surface area contributed by atoms with E-state index in [1.165, 1.54) is 12.5 Å². The molecule has 0 radical (unpaired) electrons. The molecule has 0 fully saturated rings. The maximum atomic E-state index is 11.2. The lowest BCUT2D eigenvalue weighted by atomic mass is 10.1. The summed E-state index contributed by atoms with van der Waals surface area (Å²) in [7, 11) is 0. The van der Waals surface area contributed by atoms with Crippen LogP contribution in [-0.4, -0.2) is 25.5 Å². The van der Waals surface area contributed by atoms with Crippen molar-refractivity contribution in [3.63, 3.8) is 0 Å². The zero-order valence-corrected chi connectivity index (χ0v) is 11.7. The Bertz CT molecular complexity index is 270. The monoisotopic (exact) mass is 286 g/mol. The van der Waals surface area contributed by atoms with Crippen LogP contribution >= 0.6 is 0 Å². The molecule has 6 heteroatoms. The van der Waals surface area contributed by atoms with E-state index >= 15 is 0 Å². The molecule has 114 valence electrons. The molecule has 0 unspecified atom stereocenters. The van der Waals surface area contributed by atoms with Crippen molar-refractivity contribution in [2.45, 2.75) is 38.5 Å². The van der Waals surface area contributed by atoms with Gasteiger partial charge in [0.25, 0.3) is 0 Å². The maximum Gasteiger partial charge on any atom is 0.308 e. The van der Waals surface area contributed by atoms with Crippen LogP contribution in [0, 0.1) is 0 Å². The quantitative estimate of drug-likeness (QED) is 0.224. The molecule has 0 amide bonds. The lowest BCUT2D eigenvalue weighted by molar-refractivity contribution is -0.153. The van der Waals surface area contributed by atoms with Crippen LogP contribution in [0.4, 0.5) is 0 Å². The highest BCUT2D eigenvalue weighted by Gasteiger charge is 2.04. The van der Waals surface area contributed by atoms with Crippen LogP contribution in [0.1, 0.15) is 38.5 Å². The van der Waals surface area contributed by atoms with Crippen molar-refractivity contribution in [1.82, 2.24) is 0 Å². The maximum absolute atomic E-state index is 11.2. The highest BCUT2D eigenvalue weighted by atomic mass is 16.7. The summed E-state index contributed by atoms with van der Waals surface area (Å²) in [5.41, 5.74) is 0. The van der Waals surface area contributed by atoms with E-state index in [0.29, 0.717) is 12.8 Å². The summed E-state index contributed by atoms with van der Waals surface area (Å²) in [5.74, 6) is -0.597. The van der Waals surface area contributed by atoms with E-state index in [0.717, 1.165) is 25.7 Å². The summed E-state index contributed by atoms with van der Waals surface area (Å²) < 4.78 is 18.8. The lowest BCUT2D eigenvalue weighted by Crippen LogP contribution is -2.07. The Morgan fingerprint density at radius 3 is 1.50 bits per heavy atom. The molecule has 0 rings (SSSR count). The zero-order valence-electron chi connectivity index (χ0n) is 11.7. The smallest absolute Gasteiger partial charge is 0.308 e. The molecule has 0 heterocycles. The molecule has 0 N–H and O–H groups in total. The second-order valence-corrected chi connectivity index (χ2v) is 3.85. The molecule has 0 spiro atoms. The Labute approximate surface area is 119 Å². The Hall–Kier alpha value is -1.98. The zero-order chi connectivity index (χ0) is 15.1. The third-order valence-corrected chi connectivity index (χ3v) is 2.32. The predicted octanol–water partition coefficient (Wildman–Crippen LogP) is 2.65. The molecular formula is C14H22O6. The van der Waals surface area contributed by atoms with Gasteiger partial charge >= 0.3 is 11.9 Å². The number of hydrogen-bond acceptors (Lipinski definition) is 6. The molecule has 20 heavy (non-hydrogen) atoms. The largest absolute Gasteiger partial charge is 0.466 e. The summed E-state index contributed by atoms with van der Waals surface area (Å²) in [5, 5.41) is 0. The molecule has 0 bridgehead atoms. The highest BCUT2D eigenvalue weighted by molar-refractivity contribution is 5.69. The SMILES string of the molecule is C=COCOC(=O)CCCCCCC(=O)OCOC=C. The first-order chi connectivity index (χ1) is 9.70. The van der Waals surface area contributed by atoms with E-state index in [-0.39, 0.29) is 25.5 Å². The van der Waals surface area contributed by atoms with Gasteiger partial charge in [-0.25, -0.2) is 0 Å². The molecule has 6 nitrogen and oxygen atoms in total. The van der Waals surface area contributed by atoms with Crippen molar-refractivity contribution < 1.29 is 28.5 Å². The first-order valence-electron chi connectivity index (χ1n) is 6.47. The summed E-state index contributed by atoms with van der Waals surface area (Å²) >= 11 is 0. The van der Waals surface area contributed by atoms with Crippen molar-refractivity contribution in [1.29, 1.82) is 0 Å². The Morgan fingerprint density at radius 2 is 1.15 bits per heavy atom. The van der Waals surface area contributed by atoms with Crippen LogP contribution in [-0.2, 0) is 28.5 Å². The van der Waals surface area contributed by atoms with Gasteiger partial charge in [0.2, 0.25) is 13.6 Å². The van der Waals surface area contributed by atoms with E-state index in [4.69, 9.17) is 9.47 Å². The molecule has 0 saturated heterocycles. The predicted molar refractivity (Wildman–Crippen MR) is 72.2 cm³/mol. The Balaban J connectivity index is 3.30. The van der Waals surface area contributed by atoms with Gasteiger partial charge in [0.15, 0.2) is 0 Å². The molecule has 0 aliphatic heterocycles. The number of carbonyl (C=O) groups is 2. The van der Waals surface area contributed by atoms with Gasteiger partial charge in [0, 0.05) is 12.8 Å². The molecule has 0 aromatic carbocycles. The van der Waals surface area contributed by atoms with Crippen LogP contribution in [0.15, 0.2) is 25.7 Å². The van der Waals surface area contributed by atoms with E-state index in [1.807, 2.05) is 0 Å². The second kappa shape index (κ2) is 13.5. The number of carbonyl (C=O) groups excluding carboxylic acids is 2. The number of unbranched alkanes of at least 4 members (excludes halogenated alkanes) is 3. The standard InChI is InChI=1S/C14H22O6/c1-3-17-11-19-13(15)9-7-5-6-8-10-14(16)20-12-18-4-2/h3-4H,1-2,5-12H2. The van der Waals surface area contributed by atoms with Gasteiger partial charge in [-0.05, 0) is 12.8 Å². The fourth-order valence-electron chi connectivity index (χ4n) is 1.33. The van der Waals surface area contributed by atoms with Crippen LogP contribution in [0.2, 0.25) is 0 Å². The summed E-state index contributed by atoms with van der Waals surface area (Å²) in [4.78, 5) is 22.3. The van der Waals surface area contributed by atoms with E-state index in [1.54, 1.807) is 0 Å². The average molecular weight is 286 g/mol. The Morgan fingerprint density at radius 1 is 0.750 bits per heavy atom. The van der Waals surface area contributed by atoms with Crippen molar-refractivity contribution in [3.8, 4) is 0 Å². The van der Waals surface area contributed by atoms with Gasteiger partial charge in [-0.3, -0.25) is 9.59 Å². The second-order valence-electron chi connectivity index (χ2n) is 3.85. The fraction of sp³-hybridized carbons (Fsp3) is 0.571. The third kappa shape index (κ3) is 12.5. The molecule has 0 aromatic heterocycles. The van der Waals surface area contributed by atoms with Crippen LogP contribution in [0.5, 0.6) is 0 Å². The van der Waals surface area contributed by atoms with Gasteiger partial charge in [-0.15, -0.1) is 0 Å². The van der Waals surface area contributed by atoms with Crippen molar-refractivity contribution in [3.05, 3.63) is 25.7 Å². The lowest BCUT2D eigenvalue weighted by Gasteiger charge is -2.05. The fourth-order valence-corrected chi connectivity index (χ4v) is 1.33. The van der Waals surface area contributed by atoms with Crippen LogP contribution in [0.25, 0.3) is 0 Å². The van der Waals surface area contributed by atoms with Crippen molar-refractivity contribution in [2.24, 2.45) is 0 Å². The summed E-state index contributed by atoms with van der Waals surface area (Å²) in [6.45, 7) is 6.46. The van der Waals surface area contributed by atoms with E-state index in [9.17, 15) is 9.59 Å². The first-order valence-corrected chi connectivity index (χ1v) is 6.47. The molecule has 0 aliphatic rings. The number of esters is 2. The minimum absolute atomic E-state index is 0.0963. The van der Waals surface area contributed by atoms with Crippen LogP contribution < -0.4 is 0 Å². The summed E-state index contributed by atoms with van der Waals surface area (Å²) in [6.07, 6.45) is 6.28. The van der Waals surface area contributed by atoms with Gasteiger partial charge < -0.3 is 18.9 Å². The average Bonchev–Trinajstić information content (AvgIpc) is 2.43. The Kier molecular flexibility index (Phi) is 12.1. The molecule has 0 saturated carbocycles. The van der Waals surface area contributed by atoms with Gasteiger partial charge in [0.1, 0.15) is 0 Å². The minimum atomic E-state index is -0.298. The molecule has 0 aromatic rings. The van der Waals surface area contributed by atoms with Crippen molar-refractivity contribution in [2.75, 3.05) is 13.6 Å². The molecule has 0 aliphatic carbocycles. The number of ether oxygens (including phenoxy) is 4. The van der Waals surface area contributed by atoms with Gasteiger partial charge in [-0.1, -0.05) is 26.0 Å². The number of rotatable bonds is 13. The minimum Gasteiger partial charge on any atom is -0.466 e. The van der Waals surface area contributed by atoms with Gasteiger partial charge in [-0.2, -0.15) is 0 Å². The third-order valence-electron chi connectivity index (χ3n) is 2.32. The molecule has 0 atom stereocenters. The highest BCUT2D eigenvalue weighted by Crippen LogP contribution is 2.07. The van der Waals surface area contributed by atoms with E-state index in [2.05, 4.69) is 22.6 Å². The topological polar surface area (TPSA) is 71.1 Å². The van der Waals surface area contributed by atoms with E-state index < -0.39 is 0 Å².